The molecule has 0 aliphatic carbocycles. The largest absolute Gasteiger partial charge is 0.377 e. The highest BCUT2D eigenvalue weighted by Gasteiger charge is 2.08. The molecule has 0 spiro atoms. The minimum absolute atomic E-state index is 0.291. The maximum Gasteiger partial charge on any atom is 0.0830 e. The van der Waals surface area contributed by atoms with E-state index in [2.05, 4.69) is 52.9 Å². The summed E-state index contributed by atoms with van der Waals surface area (Å²) in [5, 5.41) is 5.64. The Kier molecular flexibility index (Phi) is 2.99. The molecule has 0 bridgehead atoms. The highest BCUT2D eigenvalue weighted by Crippen LogP contribution is 2.29. The van der Waals surface area contributed by atoms with E-state index >= 15 is 0 Å². The van der Waals surface area contributed by atoms with Gasteiger partial charge in [0.1, 0.15) is 0 Å². The summed E-state index contributed by atoms with van der Waals surface area (Å²) in [7, 11) is 0. The Morgan fingerprint density at radius 1 is 1.11 bits per heavy atom. The zero-order valence-corrected chi connectivity index (χ0v) is 10.9. The van der Waals surface area contributed by atoms with E-state index in [9.17, 15) is 0 Å². The summed E-state index contributed by atoms with van der Waals surface area (Å²) >= 11 is 1.73. The monoisotopic (exact) mass is 254 g/mol. The van der Waals surface area contributed by atoms with E-state index in [1.807, 2.05) is 18.3 Å². The van der Waals surface area contributed by atoms with Crippen molar-refractivity contribution in [3.8, 4) is 0 Å². The zero-order chi connectivity index (χ0) is 12.4. The van der Waals surface area contributed by atoms with Crippen LogP contribution in [0.25, 0.3) is 10.2 Å². The fraction of sp³-hybridized carbons (Fsp3) is 0.133. The molecule has 0 aliphatic heterocycles. The van der Waals surface area contributed by atoms with Crippen molar-refractivity contribution >= 4 is 27.2 Å². The first-order chi connectivity index (χ1) is 8.84. The molecule has 1 aromatic carbocycles. The molecule has 1 N–H and O–H groups in total. The molecule has 3 aromatic rings. The Labute approximate surface area is 110 Å². The van der Waals surface area contributed by atoms with Crippen molar-refractivity contribution in [2.24, 2.45) is 0 Å². The highest BCUT2D eigenvalue weighted by atomic mass is 32.1. The third-order valence-corrected chi connectivity index (χ3v) is 3.95. The number of pyridine rings is 1. The number of nitrogens with zero attached hydrogens (tertiary/aromatic N) is 1. The molecular weight excluding hydrogens is 240 g/mol. The first kappa shape index (κ1) is 11.2. The van der Waals surface area contributed by atoms with Crippen molar-refractivity contribution in [3.63, 3.8) is 0 Å². The van der Waals surface area contributed by atoms with Gasteiger partial charge in [-0.25, -0.2) is 0 Å². The zero-order valence-electron chi connectivity index (χ0n) is 10.1. The van der Waals surface area contributed by atoms with Gasteiger partial charge in [0.2, 0.25) is 0 Å². The lowest BCUT2D eigenvalue weighted by Gasteiger charge is -2.16. The van der Waals surface area contributed by atoms with E-state index in [-0.39, 0.29) is 0 Å². The smallest absolute Gasteiger partial charge is 0.0830 e. The molecule has 0 fully saturated rings. The van der Waals surface area contributed by atoms with Crippen LogP contribution in [0, 0.1) is 0 Å². The number of benzene rings is 1. The quantitative estimate of drug-likeness (QED) is 0.746. The molecular formula is C15H14N2S. The van der Waals surface area contributed by atoms with Crippen LogP contribution < -0.4 is 5.32 Å². The SMILES string of the molecule is C[C@@H](Nc1ccnc2ccsc12)c1ccccc1. The maximum absolute atomic E-state index is 4.35. The molecule has 0 saturated carbocycles. The van der Waals surface area contributed by atoms with E-state index in [4.69, 9.17) is 0 Å². The van der Waals surface area contributed by atoms with Crippen molar-refractivity contribution in [1.82, 2.24) is 4.98 Å². The van der Waals surface area contributed by atoms with Gasteiger partial charge in [-0.1, -0.05) is 30.3 Å². The summed E-state index contributed by atoms with van der Waals surface area (Å²) < 4.78 is 1.22. The number of rotatable bonds is 3. The number of hydrogen-bond donors (Lipinski definition) is 1. The van der Waals surface area contributed by atoms with Crippen LogP contribution in [0.5, 0.6) is 0 Å². The van der Waals surface area contributed by atoms with Gasteiger partial charge in [0.15, 0.2) is 0 Å². The molecule has 2 aromatic heterocycles. The Balaban J connectivity index is 1.91. The molecule has 90 valence electrons. The van der Waals surface area contributed by atoms with E-state index in [0.29, 0.717) is 6.04 Å². The van der Waals surface area contributed by atoms with Crippen LogP contribution in [0.3, 0.4) is 0 Å². The van der Waals surface area contributed by atoms with Gasteiger partial charge in [0.25, 0.3) is 0 Å². The molecule has 3 heteroatoms. The molecule has 0 saturated heterocycles. The number of nitrogens with one attached hydrogen (secondary N) is 1. The summed E-state index contributed by atoms with van der Waals surface area (Å²) in [6.45, 7) is 2.18. The minimum Gasteiger partial charge on any atom is -0.377 e. The fourth-order valence-electron chi connectivity index (χ4n) is 2.05. The van der Waals surface area contributed by atoms with E-state index in [0.717, 1.165) is 11.2 Å². The third-order valence-electron chi connectivity index (χ3n) is 3.02. The van der Waals surface area contributed by atoms with E-state index in [1.165, 1.54) is 10.3 Å². The third kappa shape index (κ3) is 2.09. The van der Waals surface area contributed by atoms with Gasteiger partial charge in [-0.3, -0.25) is 4.98 Å². The van der Waals surface area contributed by atoms with Gasteiger partial charge in [0, 0.05) is 12.2 Å². The molecule has 2 heterocycles. The first-order valence-corrected chi connectivity index (χ1v) is 6.86. The van der Waals surface area contributed by atoms with Crippen LogP contribution >= 0.6 is 11.3 Å². The number of anilines is 1. The predicted octanol–water partition coefficient (Wildman–Crippen LogP) is 4.47. The average Bonchev–Trinajstić information content (AvgIpc) is 2.89. The van der Waals surface area contributed by atoms with Crippen molar-refractivity contribution in [2.75, 3.05) is 5.32 Å². The lowest BCUT2D eigenvalue weighted by atomic mass is 10.1. The normalized spacial score (nSPS) is 12.5. The molecule has 0 radical (unpaired) electrons. The second-order valence-corrected chi connectivity index (χ2v) is 5.19. The summed E-state index contributed by atoms with van der Waals surface area (Å²) in [5.41, 5.74) is 3.51. The number of aromatic nitrogens is 1. The number of fused-ring (bicyclic) bond motifs is 1. The average molecular weight is 254 g/mol. The minimum atomic E-state index is 0.291. The lowest BCUT2D eigenvalue weighted by Crippen LogP contribution is -2.06. The highest BCUT2D eigenvalue weighted by molar-refractivity contribution is 7.17. The summed E-state index contributed by atoms with van der Waals surface area (Å²) in [5.74, 6) is 0. The van der Waals surface area contributed by atoms with Crippen molar-refractivity contribution in [1.29, 1.82) is 0 Å². The Morgan fingerprint density at radius 2 is 1.94 bits per heavy atom. The van der Waals surface area contributed by atoms with Crippen LogP contribution in [-0.4, -0.2) is 4.98 Å². The molecule has 3 rings (SSSR count). The molecule has 18 heavy (non-hydrogen) atoms. The summed E-state index contributed by atoms with van der Waals surface area (Å²) in [6, 6.07) is 14.9. The van der Waals surface area contributed by atoms with Crippen molar-refractivity contribution in [3.05, 3.63) is 59.6 Å². The van der Waals surface area contributed by atoms with Gasteiger partial charge >= 0.3 is 0 Å². The standard InChI is InChI=1S/C15H14N2S/c1-11(12-5-3-2-4-6-12)17-14-7-9-16-13-8-10-18-15(13)14/h2-11H,1H3,(H,16,17)/t11-/m1/s1. The first-order valence-electron chi connectivity index (χ1n) is 5.98. The van der Waals surface area contributed by atoms with Crippen LogP contribution in [0.2, 0.25) is 0 Å². The van der Waals surface area contributed by atoms with Crippen molar-refractivity contribution < 1.29 is 0 Å². The topological polar surface area (TPSA) is 24.9 Å². The maximum atomic E-state index is 4.35. The molecule has 0 amide bonds. The Bertz CT molecular complexity index is 646. The van der Waals surface area contributed by atoms with Crippen LogP contribution in [0.4, 0.5) is 5.69 Å². The second-order valence-electron chi connectivity index (χ2n) is 4.27. The number of hydrogen-bond acceptors (Lipinski definition) is 3. The molecule has 2 nitrogen and oxygen atoms in total. The molecule has 0 aliphatic rings. The van der Waals surface area contributed by atoms with Gasteiger partial charge in [0.05, 0.1) is 15.9 Å². The van der Waals surface area contributed by atoms with Crippen LogP contribution in [0.15, 0.2) is 54.0 Å². The van der Waals surface area contributed by atoms with Gasteiger partial charge in [-0.2, -0.15) is 0 Å². The Morgan fingerprint density at radius 3 is 2.78 bits per heavy atom. The molecule has 0 unspecified atom stereocenters. The summed E-state index contributed by atoms with van der Waals surface area (Å²) in [4.78, 5) is 4.35. The van der Waals surface area contributed by atoms with Gasteiger partial charge in [-0.05, 0) is 30.0 Å². The Hall–Kier alpha value is -1.87. The van der Waals surface area contributed by atoms with Gasteiger partial charge < -0.3 is 5.32 Å². The van der Waals surface area contributed by atoms with Crippen LogP contribution in [-0.2, 0) is 0 Å². The van der Waals surface area contributed by atoms with Crippen LogP contribution in [0.1, 0.15) is 18.5 Å². The fourth-order valence-corrected chi connectivity index (χ4v) is 2.87. The van der Waals surface area contributed by atoms with Gasteiger partial charge in [-0.15, -0.1) is 11.3 Å². The summed E-state index contributed by atoms with van der Waals surface area (Å²) in [6.07, 6.45) is 1.86. The number of thiophene rings is 1. The lowest BCUT2D eigenvalue weighted by molar-refractivity contribution is 0.887. The predicted molar refractivity (Wildman–Crippen MR) is 78.1 cm³/mol. The van der Waals surface area contributed by atoms with Crippen molar-refractivity contribution in [2.45, 2.75) is 13.0 Å². The van der Waals surface area contributed by atoms with E-state index < -0.39 is 0 Å². The molecule has 1 atom stereocenters. The van der Waals surface area contributed by atoms with E-state index in [1.54, 1.807) is 11.3 Å². The second kappa shape index (κ2) is 4.78.